The van der Waals surface area contributed by atoms with Gasteiger partial charge in [-0.1, -0.05) is 0 Å². The molecule has 9 heteroatoms. The Labute approximate surface area is 101 Å². The summed E-state index contributed by atoms with van der Waals surface area (Å²) in [4.78, 5) is 14.6. The first kappa shape index (κ1) is 12.2. The second kappa shape index (κ2) is 4.20. The molecule has 0 aliphatic rings. The van der Waals surface area contributed by atoms with Gasteiger partial charge < -0.3 is 26.2 Å². The Balaban J connectivity index is 2.68. The maximum absolute atomic E-state index is 9.62. The molecular formula is C9H11N5O4. The van der Waals surface area contributed by atoms with Crippen molar-refractivity contribution in [3.05, 3.63) is 5.69 Å². The van der Waals surface area contributed by atoms with Gasteiger partial charge in [0.2, 0.25) is 17.7 Å². The highest BCUT2D eigenvalue weighted by Crippen LogP contribution is 2.27. The minimum Gasteiger partial charge on any atom is -0.492 e. The smallest absolute Gasteiger partial charge is 0.244 e. The van der Waals surface area contributed by atoms with Crippen molar-refractivity contribution < 1.29 is 20.4 Å². The molecule has 0 spiro atoms. The number of aliphatic hydroxyl groups is 2. The van der Waals surface area contributed by atoms with E-state index in [1.807, 2.05) is 0 Å². The van der Waals surface area contributed by atoms with Crippen LogP contribution in [0.1, 0.15) is 18.7 Å². The van der Waals surface area contributed by atoms with Crippen LogP contribution in [-0.4, -0.2) is 46.5 Å². The van der Waals surface area contributed by atoms with Crippen LogP contribution in [0.25, 0.3) is 11.2 Å². The Kier molecular flexibility index (Phi) is 2.85. The number of fused-ring (bicyclic) bond motifs is 1. The van der Waals surface area contributed by atoms with E-state index < -0.39 is 24.0 Å². The first-order chi connectivity index (χ1) is 8.40. The predicted molar refractivity (Wildman–Crippen MR) is 59.5 cm³/mol. The number of rotatable bonds is 2. The molecule has 0 aliphatic heterocycles. The molecule has 2 atom stereocenters. The van der Waals surface area contributed by atoms with Gasteiger partial charge in [0.05, 0.1) is 6.10 Å². The monoisotopic (exact) mass is 253 g/mol. The van der Waals surface area contributed by atoms with Crippen LogP contribution in [0, 0.1) is 0 Å². The summed E-state index contributed by atoms with van der Waals surface area (Å²) in [5, 5.41) is 38.0. The number of aliphatic hydroxyl groups excluding tert-OH is 2. The third kappa shape index (κ3) is 1.96. The fourth-order valence-electron chi connectivity index (χ4n) is 1.38. The molecule has 2 rings (SSSR count). The van der Waals surface area contributed by atoms with E-state index in [9.17, 15) is 20.4 Å². The molecule has 96 valence electrons. The molecule has 0 saturated carbocycles. The molecular weight excluding hydrogens is 242 g/mol. The average molecular weight is 253 g/mol. The number of hydrogen-bond acceptors (Lipinski definition) is 9. The molecule has 6 N–H and O–H groups in total. The summed E-state index contributed by atoms with van der Waals surface area (Å²) in [5.74, 6) is -1.35. The molecule has 0 bridgehead atoms. The number of nitrogens with zero attached hydrogens (tertiary/aromatic N) is 4. The number of hydrogen-bond donors (Lipinski definition) is 5. The largest absolute Gasteiger partial charge is 0.492 e. The van der Waals surface area contributed by atoms with E-state index in [2.05, 4.69) is 19.9 Å². The summed E-state index contributed by atoms with van der Waals surface area (Å²) < 4.78 is 0. The third-order valence-corrected chi connectivity index (χ3v) is 2.27. The van der Waals surface area contributed by atoms with Crippen LogP contribution in [0.3, 0.4) is 0 Å². The molecule has 2 aromatic heterocycles. The maximum atomic E-state index is 9.62. The summed E-state index contributed by atoms with van der Waals surface area (Å²) in [6.07, 6.45) is -2.61. The van der Waals surface area contributed by atoms with Crippen LogP contribution >= 0.6 is 0 Å². The Bertz CT molecular complexity index is 603. The van der Waals surface area contributed by atoms with E-state index in [0.717, 1.165) is 0 Å². The van der Waals surface area contributed by atoms with Crippen LogP contribution in [0.15, 0.2) is 0 Å². The second-order valence-corrected chi connectivity index (χ2v) is 3.70. The molecule has 9 nitrogen and oxygen atoms in total. The maximum Gasteiger partial charge on any atom is 0.244 e. The van der Waals surface area contributed by atoms with Crippen LogP contribution in [0.4, 0.5) is 5.95 Å². The predicted octanol–water partition coefficient (Wildman–Crippen LogP) is -1.17. The highest BCUT2D eigenvalue weighted by Gasteiger charge is 2.22. The molecule has 0 fully saturated rings. The van der Waals surface area contributed by atoms with E-state index in [1.54, 1.807) is 0 Å². The van der Waals surface area contributed by atoms with Gasteiger partial charge in [-0.3, -0.25) is 0 Å². The van der Waals surface area contributed by atoms with Crippen molar-refractivity contribution >= 4 is 17.1 Å². The van der Waals surface area contributed by atoms with E-state index in [4.69, 9.17) is 5.73 Å². The molecule has 18 heavy (non-hydrogen) atoms. The van der Waals surface area contributed by atoms with Crippen molar-refractivity contribution in [1.29, 1.82) is 0 Å². The molecule has 0 aliphatic carbocycles. The van der Waals surface area contributed by atoms with Crippen molar-refractivity contribution in [2.75, 3.05) is 5.73 Å². The average Bonchev–Trinajstić information content (AvgIpc) is 2.26. The highest BCUT2D eigenvalue weighted by atomic mass is 16.3. The van der Waals surface area contributed by atoms with E-state index in [-0.39, 0.29) is 22.8 Å². The number of anilines is 1. The molecule has 2 heterocycles. The van der Waals surface area contributed by atoms with Crippen molar-refractivity contribution in [3.8, 4) is 11.8 Å². The number of aromatic hydroxyl groups is 2. The standard InChI is InChI=1S/C9H11N5O4/c1-2(15)5(16)3-7(17)12-6-4(11-3)8(18)14-9(10)13-6/h2,5,15-16H,1H3,(H4,10,12,13,14,17,18). The lowest BCUT2D eigenvalue weighted by Crippen LogP contribution is -2.16. The van der Waals surface area contributed by atoms with Crippen LogP contribution in [0.5, 0.6) is 11.8 Å². The normalized spacial score (nSPS) is 14.6. The summed E-state index contributed by atoms with van der Waals surface area (Å²) in [5.41, 5.74) is 4.78. The molecule has 2 aromatic rings. The first-order valence-corrected chi connectivity index (χ1v) is 4.99. The van der Waals surface area contributed by atoms with Crippen LogP contribution < -0.4 is 5.73 Å². The Morgan fingerprint density at radius 3 is 2.28 bits per heavy atom. The van der Waals surface area contributed by atoms with E-state index in [0.29, 0.717) is 0 Å². The number of aromatic nitrogens is 4. The highest BCUT2D eigenvalue weighted by molar-refractivity contribution is 5.76. The molecule has 0 saturated heterocycles. The number of nitrogen functional groups attached to an aromatic ring is 1. The van der Waals surface area contributed by atoms with E-state index >= 15 is 0 Å². The van der Waals surface area contributed by atoms with Crippen molar-refractivity contribution in [1.82, 2.24) is 19.9 Å². The van der Waals surface area contributed by atoms with Gasteiger partial charge in [0.1, 0.15) is 11.8 Å². The molecule has 0 radical (unpaired) electrons. The van der Waals surface area contributed by atoms with Crippen molar-refractivity contribution in [2.45, 2.75) is 19.1 Å². The van der Waals surface area contributed by atoms with Gasteiger partial charge in [-0.15, -0.1) is 0 Å². The lowest BCUT2D eigenvalue weighted by Gasteiger charge is -2.14. The van der Waals surface area contributed by atoms with Gasteiger partial charge >= 0.3 is 0 Å². The quantitative estimate of drug-likeness (QED) is 0.444. The molecule has 0 amide bonds. The van der Waals surface area contributed by atoms with Gasteiger partial charge in [0, 0.05) is 0 Å². The van der Waals surface area contributed by atoms with Gasteiger partial charge in [0.25, 0.3) is 0 Å². The lowest BCUT2D eigenvalue weighted by molar-refractivity contribution is 0.0260. The minimum atomic E-state index is -1.45. The SMILES string of the molecule is CC(O)C(O)c1nc2c(O)nc(N)nc2nc1O. The number of nitrogens with two attached hydrogens (primary N) is 1. The molecule has 2 unspecified atom stereocenters. The van der Waals surface area contributed by atoms with Crippen molar-refractivity contribution in [3.63, 3.8) is 0 Å². The van der Waals surface area contributed by atoms with Crippen LogP contribution in [-0.2, 0) is 0 Å². The Morgan fingerprint density at radius 1 is 1.00 bits per heavy atom. The second-order valence-electron chi connectivity index (χ2n) is 3.70. The third-order valence-electron chi connectivity index (χ3n) is 2.27. The topological polar surface area (TPSA) is 158 Å². The fourth-order valence-corrected chi connectivity index (χ4v) is 1.38. The summed E-state index contributed by atoms with van der Waals surface area (Å²) in [7, 11) is 0. The fraction of sp³-hybridized carbons (Fsp3) is 0.333. The lowest BCUT2D eigenvalue weighted by atomic mass is 10.1. The zero-order valence-electron chi connectivity index (χ0n) is 9.31. The zero-order chi connectivity index (χ0) is 13.4. The minimum absolute atomic E-state index is 0.112. The van der Waals surface area contributed by atoms with Gasteiger partial charge in [-0.05, 0) is 6.92 Å². The Hall–Kier alpha value is -2.26. The zero-order valence-corrected chi connectivity index (χ0v) is 9.31. The van der Waals surface area contributed by atoms with Crippen molar-refractivity contribution in [2.24, 2.45) is 0 Å². The molecule has 0 aromatic carbocycles. The van der Waals surface area contributed by atoms with Gasteiger partial charge in [-0.2, -0.15) is 15.0 Å². The summed E-state index contributed by atoms with van der Waals surface area (Å²) in [6.45, 7) is 1.31. The van der Waals surface area contributed by atoms with Gasteiger partial charge in [-0.25, -0.2) is 4.98 Å². The van der Waals surface area contributed by atoms with Gasteiger partial charge in [0.15, 0.2) is 11.2 Å². The van der Waals surface area contributed by atoms with E-state index in [1.165, 1.54) is 6.92 Å². The summed E-state index contributed by atoms with van der Waals surface area (Å²) >= 11 is 0. The summed E-state index contributed by atoms with van der Waals surface area (Å²) in [6, 6.07) is 0. The van der Waals surface area contributed by atoms with Crippen LogP contribution in [0.2, 0.25) is 0 Å². The first-order valence-electron chi connectivity index (χ1n) is 4.99. The Morgan fingerprint density at radius 2 is 1.67 bits per heavy atom.